The summed E-state index contributed by atoms with van der Waals surface area (Å²) in [5.74, 6) is 0.307. The van der Waals surface area contributed by atoms with Crippen LogP contribution in [0.25, 0.3) is 21.5 Å². The van der Waals surface area contributed by atoms with Gasteiger partial charge in [0.1, 0.15) is 10.6 Å². The van der Waals surface area contributed by atoms with E-state index in [0.29, 0.717) is 43.4 Å². The first-order valence-corrected chi connectivity index (χ1v) is 7.51. The van der Waals surface area contributed by atoms with Crippen LogP contribution in [0.1, 0.15) is 39.6 Å². The molecule has 0 aliphatic heterocycles. The molecule has 0 spiro atoms. The number of hydrogen-bond donors (Lipinski definition) is 1. The fourth-order valence-electron chi connectivity index (χ4n) is 2.63. The zero-order chi connectivity index (χ0) is 16.0. The third kappa shape index (κ3) is 2.03. The van der Waals surface area contributed by atoms with E-state index >= 15 is 0 Å². The third-order valence-corrected chi connectivity index (χ3v) is 4.70. The number of nitrogens with zero attached hydrogens (tertiary/aromatic N) is 1. The molecule has 0 aliphatic rings. The number of thiophene rings is 1. The predicted molar refractivity (Wildman–Crippen MR) is 86.5 cm³/mol. The highest BCUT2D eigenvalue weighted by molar-refractivity contribution is 7.21. The molecule has 3 heterocycles. The van der Waals surface area contributed by atoms with Crippen molar-refractivity contribution in [2.45, 2.75) is 20.8 Å². The number of fused-ring (bicyclic) bond motifs is 1. The lowest BCUT2D eigenvalue weighted by Crippen LogP contribution is -2.03. The fourth-order valence-corrected chi connectivity index (χ4v) is 3.67. The summed E-state index contributed by atoms with van der Waals surface area (Å²) in [4.78, 5) is 29.4. The predicted octanol–water partition coefficient (Wildman–Crippen LogP) is 3.85. The van der Waals surface area contributed by atoms with Crippen molar-refractivity contribution < 1.29 is 14.0 Å². The van der Waals surface area contributed by atoms with Gasteiger partial charge in [0.05, 0.1) is 28.1 Å². The first-order chi connectivity index (χ1) is 10.4. The van der Waals surface area contributed by atoms with Crippen LogP contribution in [0.4, 0.5) is 5.69 Å². The van der Waals surface area contributed by atoms with Crippen molar-refractivity contribution in [1.82, 2.24) is 4.98 Å². The van der Waals surface area contributed by atoms with Crippen LogP contribution in [-0.2, 0) is 0 Å². The second-order valence-electron chi connectivity index (χ2n) is 5.06. The molecule has 0 amide bonds. The molecule has 6 heteroatoms. The number of hydrogen-bond acceptors (Lipinski definition) is 6. The molecular weight excluding hydrogens is 300 g/mol. The lowest BCUT2D eigenvalue weighted by molar-refractivity contribution is 0.101. The number of anilines is 1. The summed E-state index contributed by atoms with van der Waals surface area (Å²) in [6.45, 7) is 4.72. The van der Waals surface area contributed by atoms with Crippen molar-refractivity contribution in [1.29, 1.82) is 0 Å². The van der Waals surface area contributed by atoms with E-state index in [9.17, 15) is 9.59 Å². The zero-order valence-electron chi connectivity index (χ0n) is 12.4. The first-order valence-electron chi connectivity index (χ1n) is 6.70. The van der Waals surface area contributed by atoms with E-state index in [4.69, 9.17) is 10.2 Å². The van der Waals surface area contributed by atoms with Gasteiger partial charge >= 0.3 is 0 Å². The van der Waals surface area contributed by atoms with Crippen LogP contribution in [0.3, 0.4) is 0 Å². The van der Waals surface area contributed by atoms with Gasteiger partial charge in [-0.1, -0.05) is 0 Å². The number of carbonyl (C=O) groups is 2. The molecule has 0 aromatic carbocycles. The zero-order valence-corrected chi connectivity index (χ0v) is 13.2. The lowest BCUT2D eigenvalue weighted by Gasteiger charge is -2.10. The molecule has 0 bridgehead atoms. The Morgan fingerprint density at radius 1 is 1.27 bits per heavy atom. The maximum absolute atomic E-state index is 12.1. The number of nitrogens with two attached hydrogens (primary N) is 1. The van der Waals surface area contributed by atoms with E-state index in [1.54, 1.807) is 19.1 Å². The van der Waals surface area contributed by atoms with Gasteiger partial charge in [-0.15, -0.1) is 11.3 Å². The Morgan fingerprint density at radius 2 is 2.00 bits per heavy atom. The number of aryl methyl sites for hydroxylation is 1. The van der Waals surface area contributed by atoms with Gasteiger partial charge in [0, 0.05) is 17.9 Å². The van der Waals surface area contributed by atoms with Gasteiger partial charge in [0.25, 0.3) is 0 Å². The minimum atomic E-state index is -0.118. The molecule has 3 rings (SSSR count). The normalized spacial score (nSPS) is 11.0. The number of pyridine rings is 1. The van der Waals surface area contributed by atoms with E-state index in [1.165, 1.54) is 31.4 Å². The quantitative estimate of drug-likeness (QED) is 0.742. The first kappa shape index (κ1) is 14.5. The standard InChI is InChI=1S/C16H14N2O3S/c1-7-11(8(2)19)12(10-5-4-6-21-10)13-14(17)15(9(3)20)22-16(13)18-7/h4-6H,17H2,1-3H3. The fraction of sp³-hybridized carbons (Fsp3) is 0.188. The Labute approximate surface area is 130 Å². The highest BCUT2D eigenvalue weighted by atomic mass is 32.1. The molecule has 0 fully saturated rings. The number of nitrogen functional groups attached to an aromatic ring is 1. The molecule has 3 aromatic rings. The summed E-state index contributed by atoms with van der Waals surface area (Å²) in [5, 5.41) is 0.612. The van der Waals surface area contributed by atoms with Gasteiger partial charge in [-0.25, -0.2) is 4.98 Å². The van der Waals surface area contributed by atoms with Crippen molar-refractivity contribution in [3.63, 3.8) is 0 Å². The smallest absolute Gasteiger partial charge is 0.171 e. The van der Waals surface area contributed by atoms with Crippen molar-refractivity contribution in [2.75, 3.05) is 5.73 Å². The molecule has 0 radical (unpaired) electrons. The second kappa shape index (κ2) is 5.06. The molecule has 3 aromatic heterocycles. The van der Waals surface area contributed by atoms with Crippen LogP contribution < -0.4 is 5.73 Å². The van der Waals surface area contributed by atoms with Crippen molar-refractivity contribution in [3.8, 4) is 11.3 Å². The summed E-state index contributed by atoms with van der Waals surface area (Å²) in [5.41, 5.74) is 8.20. The van der Waals surface area contributed by atoms with E-state index in [1.807, 2.05) is 0 Å². The van der Waals surface area contributed by atoms with Crippen LogP contribution in [0.2, 0.25) is 0 Å². The maximum atomic E-state index is 12.1. The van der Waals surface area contributed by atoms with Crippen LogP contribution >= 0.6 is 11.3 Å². The number of aromatic nitrogens is 1. The largest absolute Gasteiger partial charge is 0.464 e. The summed E-state index contributed by atoms with van der Waals surface area (Å²) in [6.07, 6.45) is 1.54. The van der Waals surface area contributed by atoms with Crippen LogP contribution in [0.5, 0.6) is 0 Å². The highest BCUT2D eigenvalue weighted by Gasteiger charge is 2.25. The number of Topliss-reactive ketones (excluding diaryl/α,β-unsaturated/α-hetero) is 2. The number of furan rings is 1. The molecule has 2 N–H and O–H groups in total. The second-order valence-corrected chi connectivity index (χ2v) is 6.06. The molecule has 22 heavy (non-hydrogen) atoms. The summed E-state index contributed by atoms with van der Waals surface area (Å²) >= 11 is 1.24. The average molecular weight is 314 g/mol. The minimum absolute atomic E-state index is 0.117. The van der Waals surface area contributed by atoms with E-state index < -0.39 is 0 Å². The summed E-state index contributed by atoms with van der Waals surface area (Å²) in [7, 11) is 0. The van der Waals surface area contributed by atoms with Crippen LogP contribution in [0.15, 0.2) is 22.8 Å². The van der Waals surface area contributed by atoms with Gasteiger partial charge < -0.3 is 10.2 Å². The molecule has 0 saturated carbocycles. The van der Waals surface area contributed by atoms with Crippen LogP contribution in [0, 0.1) is 6.92 Å². The van der Waals surface area contributed by atoms with Gasteiger partial charge in [0.15, 0.2) is 11.6 Å². The average Bonchev–Trinajstić information content (AvgIpc) is 3.05. The van der Waals surface area contributed by atoms with Gasteiger partial charge in [-0.2, -0.15) is 0 Å². The molecule has 0 saturated heterocycles. The number of ketones is 2. The Morgan fingerprint density at radius 3 is 2.55 bits per heavy atom. The van der Waals surface area contributed by atoms with Crippen molar-refractivity contribution in [3.05, 3.63) is 34.5 Å². The summed E-state index contributed by atoms with van der Waals surface area (Å²) in [6, 6.07) is 3.51. The van der Waals surface area contributed by atoms with Crippen molar-refractivity contribution in [2.24, 2.45) is 0 Å². The lowest BCUT2D eigenvalue weighted by atomic mass is 9.97. The molecular formula is C16H14N2O3S. The Bertz CT molecular complexity index is 908. The highest BCUT2D eigenvalue weighted by Crippen LogP contribution is 2.42. The van der Waals surface area contributed by atoms with Gasteiger partial charge in [-0.3, -0.25) is 9.59 Å². The molecule has 0 aliphatic carbocycles. The molecule has 0 atom stereocenters. The van der Waals surface area contributed by atoms with Crippen molar-refractivity contribution >= 4 is 38.8 Å². The Balaban J connectivity index is 2.53. The molecule has 5 nitrogen and oxygen atoms in total. The Kier molecular flexibility index (Phi) is 3.33. The molecule has 0 unspecified atom stereocenters. The summed E-state index contributed by atoms with van der Waals surface area (Å²) < 4.78 is 5.48. The molecule has 112 valence electrons. The van der Waals surface area contributed by atoms with E-state index in [2.05, 4.69) is 4.98 Å². The van der Waals surface area contributed by atoms with Crippen LogP contribution in [-0.4, -0.2) is 16.6 Å². The SMILES string of the molecule is CC(=O)c1sc2nc(C)c(C(C)=O)c(-c3ccco3)c2c1N. The third-order valence-electron chi connectivity index (χ3n) is 3.50. The van der Waals surface area contributed by atoms with E-state index in [-0.39, 0.29) is 11.6 Å². The van der Waals surface area contributed by atoms with E-state index in [0.717, 1.165) is 0 Å². The number of carbonyl (C=O) groups excluding carboxylic acids is 2. The number of rotatable bonds is 3. The topological polar surface area (TPSA) is 86.2 Å². The monoisotopic (exact) mass is 314 g/mol. The maximum Gasteiger partial charge on any atom is 0.171 e. The minimum Gasteiger partial charge on any atom is -0.464 e. The Hall–Kier alpha value is -2.47. The van der Waals surface area contributed by atoms with Gasteiger partial charge in [-0.05, 0) is 26.0 Å². The van der Waals surface area contributed by atoms with Gasteiger partial charge in [0.2, 0.25) is 0 Å².